The van der Waals surface area contributed by atoms with Crippen molar-refractivity contribution in [3.05, 3.63) is 11.6 Å². The molecule has 0 N–H and O–H groups in total. The van der Waals surface area contributed by atoms with Gasteiger partial charge in [0.15, 0.2) is 0 Å². The van der Waals surface area contributed by atoms with Crippen molar-refractivity contribution >= 4 is 17.0 Å². The highest BCUT2D eigenvalue weighted by Gasteiger charge is 2.39. The molecular formula is C15H27NO3S. The Bertz CT molecular complexity index is 410. The Morgan fingerprint density at radius 3 is 2.55 bits per heavy atom. The number of rotatable bonds is 5. The zero-order valence-electron chi connectivity index (χ0n) is 13.4. The molecule has 0 aromatic rings. The largest absolute Gasteiger partial charge is 0.463 e. The van der Waals surface area contributed by atoms with Gasteiger partial charge in [-0.15, -0.1) is 0 Å². The normalized spacial score (nSPS) is 21.9. The zero-order valence-corrected chi connectivity index (χ0v) is 14.3. The number of carbonyl (C=O) groups is 1. The minimum atomic E-state index is -1.13. The molecule has 116 valence electrons. The van der Waals surface area contributed by atoms with Crippen LogP contribution in [0.2, 0.25) is 0 Å². The first-order valence-electron chi connectivity index (χ1n) is 7.24. The summed E-state index contributed by atoms with van der Waals surface area (Å²) in [6.45, 7) is 12.8. The number of nitrogens with zero attached hydrogens (tertiary/aromatic N) is 1. The van der Waals surface area contributed by atoms with Gasteiger partial charge < -0.3 is 4.74 Å². The Labute approximate surface area is 125 Å². The highest BCUT2D eigenvalue weighted by molar-refractivity contribution is 7.84. The summed E-state index contributed by atoms with van der Waals surface area (Å²) < 4.78 is 19.4. The van der Waals surface area contributed by atoms with E-state index in [0.29, 0.717) is 24.6 Å². The molecule has 0 saturated heterocycles. The van der Waals surface area contributed by atoms with Crippen LogP contribution in [0.1, 0.15) is 48.0 Å². The summed E-state index contributed by atoms with van der Waals surface area (Å²) in [6.07, 6.45) is 2.68. The van der Waals surface area contributed by atoms with Gasteiger partial charge in [-0.25, -0.2) is 13.3 Å². The van der Waals surface area contributed by atoms with Gasteiger partial charge in [0.25, 0.3) is 0 Å². The molecule has 0 aliphatic carbocycles. The molecular weight excluding hydrogens is 274 g/mol. The van der Waals surface area contributed by atoms with Crippen LogP contribution < -0.4 is 0 Å². The molecule has 0 unspecified atom stereocenters. The van der Waals surface area contributed by atoms with Gasteiger partial charge in [0.2, 0.25) is 0 Å². The van der Waals surface area contributed by atoms with Crippen LogP contribution >= 0.6 is 0 Å². The molecule has 1 aliphatic heterocycles. The number of carbonyl (C=O) groups excluding carboxylic acids is 1. The number of esters is 1. The van der Waals surface area contributed by atoms with E-state index >= 15 is 0 Å². The second kappa shape index (κ2) is 6.85. The fourth-order valence-electron chi connectivity index (χ4n) is 2.27. The van der Waals surface area contributed by atoms with E-state index in [-0.39, 0.29) is 16.8 Å². The molecule has 0 amide bonds. The SMILES string of the molecule is CCOC(=O)C1=CCN([S@@](=O)C(C)(C)C)[C@H]1CC(C)C. The maximum absolute atomic E-state index is 12.6. The van der Waals surface area contributed by atoms with Crippen LogP contribution in [-0.4, -0.2) is 38.4 Å². The van der Waals surface area contributed by atoms with Gasteiger partial charge >= 0.3 is 5.97 Å². The molecule has 5 heteroatoms. The van der Waals surface area contributed by atoms with Gasteiger partial charge in [-0.1, -0.05) is 19.9 Å². The predicted octanol–water partition coefficient (Wildman–Crippen LogP) is 2.67. The molecule has 2 atom stereocenters. The summed E-state index contributed by atoms with van der Waals surface area (Å²) in [4.78, 5) is 12.0. The smallest absolute Gasteiger partial charge is 0.335 e. The van der Waals surface area contributed by atoms with E-state index in [1.54, 1.807) is 6.92 Å². The first-order chi connectivity index (χ1) is 9.18. The highest BCUT2D eigenvalue weighted by atomic mass is 32.2. The first kappa shape index (κ1) is 17.4. The monoisotopic (exact) mass is 301 g/mol. The van der Waals surface area contributed by atoms with E-state index < -0.39 is 11.0 Å². The van der Waals surface area contributed by atoms with E-state index in [2.05, 4.69) is 13.8 Å². The lowest BCUT2D eigenvalue weighted by Gasteiger charge is -2.32. The summed E-state index contributed by atoms with van der Waals surface area (Å²) in [7, 11) is -1.13. The molecule has 20 heavy (non-hydrogen) atoms. The summed E-state index contributed by atoms with van der Waals surface area (Å²) >= 11 is 0. The number of hydrogen-bond donors (Lipinski definition) is 0. The molecule has 0 spiro atoms. The van der Waals surface area contributed by atoms with Gasteiger partial charge in [-0.05, 0) is 40.0 Å². The van der Waals surface area contributed by atoms with Crippen molar-refractivity contribution in [3.8, 4) is 0 Å². The minimum absolute atomic E-state index is 0.103. The first-order valence-corrected chi connectivity index (χ1v) is 8.35. The summed E-state index contributed by atoms with van der Waals surface area (Å²) in [5.41, 5.74) is 0.665. The van der Waals surface area contributed by atoms with Crippen LogP contribution in [0.3, 0.4) is 0 Å². The van der Waals surface area contributed by atoms with E-state index in [4.69, 9.17) is 4.74 Å². The molecule has 4 nitrogen and oxygen atoms in total. The quantitative estimate of drug-likeness (QED) is 0.733. The van der Waals surface area contributed by atoms with E-state index in [0.717, 1.165) is 6.42 Å². The van der Waals surface area contributed by atoms with Crippen LogP contribution in [0.15, 0.2) is 11.6 Å². The lowest BCUT2D eigenvalue weighted by atomic mass is 9.99. The van der Waals surface area contributed by atoms with Gasteiger partial charge in [-0.3, -0.25) is 0 Å². The second-order valence-electron chi connectivity index (χ2n) is 6.49. The lowest BCUT2D eigenvalue weighted by molar-refractivity contribution is -0.138. The zero-order chi connectivity index (χ0) is 15.5. The third-order valence-electron chi connectivity index (χ3n) is 3.14. The highest BCUT2D eigenvalue weighted by Crippen LogP contribution is 2.30. The Balaban J connectivity index is 2.95. The van der Waals surface area contributed by atoms with Crippen LogP contribution in [-0.2, 0) is 20.5 Å². The van der Waals surface area contributed by atoms with Crippen molar-refractivity contribution in [2.24, 2.45) is 5.92 Å². The van der Waals surface area contributed by atoms with Crippen molar-refractivity contribution < 1.29 is 13.7 Å². The Morgan fingerprint density at radius 1 is 1.50 bits per heavy atom. The Kier molecular flexibility index (Phi) is 5.95. The average Bonchev–Trinajstić information content (AvgIpc) is 2.69. The van der Waals surface area contributed by atoms with Crippen molar-refractivity contribution in [1.82, 2.24) is 4.31 Å². The lowest BCUT2D eigenvalue weighted by Crippen LogP contribution is -2.43. The van der Waals surface area contributed by atoms with E-state index in [1.165, 1.54) is 0 Å². The fraction of sp³-hybridized carbons (Fsp3) is 0.800. The van der Waals surface area contributed by atoms with Crippen molar-refractivity contribution in [2.75, 3.05) is 13.2 Å². The molecule has 0 saturated carbocycles. The fourth-order valence-corrected chi connectivity index (χ4v) is 3.61. The third kappa shape index (κ3) is 4.16. The molecule has 0 aromatic heterocycles. The third-order valence-corrected chi connectivity index (χ3v) is 5.02. The Hall–Kier alpha value is -0.680. The maximum Gasteiger partial charge on any atom is 0.335 e. The molecule has 0 aromatic carbocycles. The van der Waals surface area contributed by atoms with E-state index in [9.17, 15) is 9.00 Å². The van der Waals surface area contributed by atoms with Gasteiger partial charge in [-0.2, -0.15) is 0 Å². The van der Waals surface area contributed by atoms with Crippen LogP contribution in [0.4, 0.5) is 0 Å². The van der Waals surface area contributed by atoms with Gasteiger partial charge in [0.05, 0.1) is 23.0 Å². The summed E-state index contributed by atoms with van der Waals surface area (Å²) in [6, 6.07) is -0.103. The van der Waals surface area contributed by atoms with Gasteiger partial charge in [0.1, 0.15) is 11.0 Å². The molecule has 1 aliphatic rings. The summed E-state index contributed by atoms with van der Waals surface area (Å²) in [5, 5.41) is 0. The minimum Gasteiger partial charge on any atom is -0.463 e. The molecule has 1 heterocycles. The second-order valence-corrected chi connectivity index (χ2v) is 8.68. The summed E-state index contributed by atoms with van der Waals surface area (Å²) in [5.74, 6) is 0.155. The topological polar surface area (TPSA) is 46.6 Å². The number of hydrogen-bond acceptors (Lipinski definition) is 3. The van der Waals surface area contributed by atoms with Crippen molar-refractivity contribution in [3.63, 3.8) is 0 Å². The molecule has 0 bridgehead atoms. The Morgan fingerprint density at radius 2 is 2.10 bits per heavy atom. The van der Waals surface area contributed by atoms with Crippen LogP contribution in [0.5, 0.6) is 0 Å². The standard InChI is InChI=1S/C15H27NO3S/c1-7-19-14(17)12-8-9-16(13(12)10-11(2)3)20(18)15(4,5)6/h8,11,13H,7,9-10H2,1-6H3/t13-,20-/m0/s1. The van der Waals surface area contributed by atoms with Crippen LogP contribution in [0.25, 0.3) is 0 Å². The number of ether oxygens (including phenoxy) is 1. The van der Waals surface area contributed by atoms with E-state index in [1.807, 2.05) is 31.2 Å². The van der Waals surface area contributed by atoms with Crippen LogP contribution in [0, 0.1) is 5.92 Å². The predicted molar refractivity (Wildman–Crippen MR) is 82.6 cm³/mol. The molecule has 1 rings (SSSR count). The van der Waals surface area contributed by atoms with Crippen molar-refractivity contribution in [1.29, 1.82) is 0 Å². The molecule has 0 radical (unpaired) electrons. The maximum atomic E-state index is 12.6. The molecule has 0 fully saturated rings. The van der Waals surface area contributed by atoms with Gasteiger partial charge in [0, 0.05) is 6.54 Å². The van der Waals surface area contributed by atoms with Crippen molar-refractivity contribution in [2.45, 2.75) is 58.8 Å². The average molecular weight is 301 g/mol.